The Morgan fingerprint density at radius 1 is 0.362 bits per heavy atom. The molecule has 12 aromatic carbocycles. The van der Waals surface area contributed by atoms with Crippen LogP contribution in [-0.4, -0.2) is 9.55 Å². The SMILES string of the molecule is O=P1(c2ccccc2)c2c(-c3ccc(-c4ccc5c(-c6ccc7ccccc7c6)c6ccccc6c(-c6ccc7ccccc7c6)c5c4)cc3)cccc2-n2c(-c3ccccc3)nc3cccc1c32. The second-order valence-corrected chi connectivity index (χ2v) is 20.8. The van der Waals surface area contributed by atoms with E-state index >= 15 is 4.57 Å². The molecule has 0 aliphatic carbocycles. The van der Waals surface area contributed by atoms with E-state index < -0.39 is 7.14 Å². The van der Waals surface area contributed by atoms with Crippen LogP contribution in [0.5, 0.6) is 0 Å². The summed E-state index contributed by atoms with van der Waals surface area (Å²) in [6.07, 6.45) is 0. The first kappa shape index (κ1) is 39.5. The normalized spacial score (nSPS) is 14.2. The number of nitrogens with zero attached hydrogens (tertiary/aromatic N) is 2. The van der Waals surface area contributed by atoms with Gasteiger partial charge >= 0.3 is 0 Å². The van der Waals surface area contributed by atoms with Crippen LogP contribution in [0, 0.1) is 0 Å². The fourth-order valence-electron chi connectivity index (χ4n) is 11.2. The van der Waals surface area contributed by atoms with Crippen molar-refractivity contribution in [2.75, 3.05) is 0 Å². The summed E-state index contributed by atoms with van der Waals surface area (Å²) in [5.41, 5.74) is 12.7. The summed E-state index contributed by atoms with van der Waals surface area (Å²) in [6, 6.07) is 88.5. The van der Waals surface area contributed by atoms with E-state index in [-0.39, 0.29) is 0 Å². The highest BCUT2D eigenvalue weighted by Gasteiger charge is 2.42. The van der Waals surface area contributed by atoms with E-state index in [1.54, 1.807) is 0 Å². The molecule has 3 nitrogen and oxygen atoms in total. The molecule has 322 valence electrons. The fourth-order valence-corrected chi connectivity index (χ4v) is 14.4. The average molecular weight is 897 g/mol. The molecule has 4 heteroatoms. The average Bonchev–Trinajstić information content (AvgIpc) is 3.82. The third kappa shape index (κ3) is 6.08. The van der Waals surface area contributed by atoms with Crippen molar-refractivity contribution in [3.63, 3.8) is 0 Å². The predicted octanol–water partition coefficient (Wildman–Crippen LogP) is 15.9. The van der Waals surface area contributed by atoms with E-state index in [4.69, 9.17) is 4.98 Å². The lowest BCUT2D eigenvalue weighted by molar-refractivity contribution is 0.592. The molecule has 1 atom stereocenters. The minimum absolute atomic E-state index is 0.811. The molecule has 0 saturated heterocycles. The minimum atomic E-state index is -3.42. The Hall–Kier alpha value is -8.62. The number of para-hydroxylation sites is 1. The van der Waals surface area contributed by atoms with E-state index in [9.17, 15) is 0 Å². The minimum Gasteiger partial charge on any atom is -0.308 e. The van der Waals surface area contributed by atoms with E-state index in [1.165, 1.54) is 65.3 Å². The van der Waals surface area contributed by atoms with Gasteiger partial charge in [-0.3, -0.25) is 4.57 Å². The molecular formula is C65H41N2OP. The van der Waals surface area contributed by atoms with Gasteiger partial charge in [-0.15, -0.1) is 0 Å². The Labute approximate surface area is 399 Å². The Morgan fingerprint density at radius 2 is 0.899 bits per heavy atom. The van der Waals surface area contributed by atoms with Crippen LogP contribution >= 0.6 is 7.14 Å². The highest BCUT2D eigenvalue weighted by atomic mass is 31.2. The molecule has 2 heterocycles. The van der Waals surface area contributed by atoms with E-state index in [1.807, 2.05) is 66.7 Å². The fraction of sp³-hybridized carbons (Fsp3) is 0. The first-order valence-corrected chi connectivity index (χ1v) is 25.3. The molecule has 0 radical (unpaired) electrons. The van der Waals surface area contributed by atoms with Gasteiger partial charge in [0.1, 0.15) is 5.82 Å². The van der Waals surface area contributed by atoms with Crippen LogP contribution in [0.15, 0.2) is 249 Å². The highest BCUT2D eigenvalue weighted by molar-refractivity contribution is 7.86. The van der Waals surface area contributed by atoms with Gasteiger partial charge in [-0.2, -0.15) is 0 Å². The molecule has 0 saturated carbocycles. The van der Waals surface area contributed by atoms with Crippen LogP contribution in [0.4, 0.5) is 0 Å². The van der Waals surface area contributed by atoms with Crippen LogP contribution in [0.25, 0.3) is 116 Å². The summed E-state index contributed by atoms with van der Waals surface area (Å²) in [4.78, 5) is 5.21. The number of imidazole rings is 1. The molecule has 14 rings (SSSR count). The zero-order chi connectivity index (χ0) is 45.6. The van der Waals surface area contributed by atoms with Crippen LogP contribution in [0.2, 0.25) is 0 Å². The van der Waals surface area contributed by atoms with Crippen molar-refractivity contribution in [3.8, 4) is 61.6 Å². The van der Waals surface area contributed by atoms with E-state index in [2.05, 4.69) is 187 Å². The van der Waals surface area contributed by atoms with Crippen molar-refractivity contribution in [1.82, 2.24) is 9.55 Å². The maximum atomic E-state index is 16.5. The third-order valence-corrected chi connectivity index (χ3v) is 17.5. The van der Waals surface area contributed by atoms with Crippen LogP contribution in [-0.2, 0) is 4.57 Å². The smallest absolute Gasteiger partial charge is 0.175 e. The molecule has 1 unspecified atom stereocenters. The van der Waals surface area contributed by atoms with Crippen LogP contribution < -0.4 is 15.9 Å². The second kappa shape index (κ2) is 15.5. The van der Waals surface area contributed by atoms with Gasteiger partial charge in [-0.25, -0.2) is 4.98 Å². The number of hydrogen-bond acceptors (Lipinski definition) is 2. The second-order valence-electron chi connectivity index (χ2n) is 18.2. The van der Waals surface area contributed by atoms with Gasteiger partial charge in [0.25, 0.3) is 0 Å². The maximum Gasteiger partial charge on any atom is 0.175 e. The van der Waals surface area contributed by atoms with E-state index in [0.717, 1.165) is 66.3 Å². The molecule has 0 amide bonds. The van der Waals surface area contributed by atoms with Crippen LogP contribution in [0.1, 0.15) is 0 Å². The molecule has 0 fully saturated rings. The van der Waals surface area contributed by atoms with Gasteiger partial charge in [0.15, 0.2) is 7.14 Å². The Morgan fingerprint density at radius 3 is 1.58 bits per heavy atom. The molecule has 1 aliphatic heterocycles. The number of aromatic nitrogens is 2. The maximum absolute atomic E-state index is 16.5. The van der Waals surface area contributed by atoms with Gasteiger partial charge in [-0.05, 0) is 124 Å². The van der Waals surface area contributed by atoms with Gasteiger partial charge in [0.2, 0.25) is 0 Å². The predicted molar refractivity (Wildman–Crippen MR) is 291 cm³/mol. The number of hydrogen-bond donors (Lipinski definition) is 0. The zero-order valence-corrected chi connectivity index (χ0v) is 38.3. The third-order valence-electron chi connectivity index (χ3n) is 14.3. The summed E-state index contributed by atoms with van der Waals surface area (Å²) in [6.45, 7) is 0. The molecule has 13 aromatic rings. The van der Waals surface area contributed by atoms with Crippen LogP contribution in [0.3, 0.4) is 0 Å². The summed E-state index contributed by atoms with van der Waals surface area (Å²) in [5.74, 6) is 0.835. The van der Waals surface area contributed by atoms with Gasteiger partial charge in [0.05, 0.1) is 22.0 Å². The van der Waals surface area contributed by atoms with Crippen molar-refractivity contribution in [2.24, 2.45) is 0 Å². The highest BCUT2D eigenvalue weighted by Crippen LogP contribution is 2.53. The van der Waals surface area contributed by atoms with Gasteiger partial charge in [0, 0.05) is 16.2 Å². The lowest BCUT2D eigenvalue weighted by Gasteiger charge is -2.31. The van der Waals surface area contributed by atoms with Gasteiger partial charge < -0.3 is 4.57 Å². The largest absolute Gasteiger partial charge is 0.308 e. The Bertz CT molecular complexity index is 4270. The monoisotopic (exact) mass is 896 g/mol. The number of fused-ring (bicyclic) bond motifs is 6. The molecular weight excluding hydrogens is 856 g/mol. The van der Waals surface area contributed by atoms with Crippen molar-refractivity contribution in [3.05, 3.63) is 249 Å². The van der Waals surface area contributed by atoms with Crippen molar-refractivity contribution in [1.29, 1.82) is 0 Å². The Kier molecular flexibility index (Phi) is 8.86. The quantitative estimate of drug-likeness (QED) is 0.123. The molecule has 1 aromatic heterocycles. The molecule has 1 aliphatic rings. The summed E-state index contributed by atoms with van der Waals surface area (Å²) in [5, 5.41) is 12.2. The lowest BCUT2D eigenvalue weighted by Crippen LogP contribution is -2.34. The Balaban J connectivity index is 0.969. The summed E-state index contributed by atoms with van der Waals surface area (Å²) >= 11 is 0. The van der Waals surface area contributed by atoms with Gasteiger partial charge in [-0.1, -0.05) is 212 Å². The molecule has 0 N–H and O–H groups in total. The first-order chi connectivity index (χ1) is 34.1. The standard InChI is InChI=1S/C65H41N2OP/c68-69(52-21-5-2-6-22-52)60-28-14-26-58-63(60)67(65(66-58)46-17-3-1-4-18-46)59-27-13-25-53(64(59)69)45-33-29-44(30-34-45)49-37-38-56-57(41-49)62(51-36-32-43-16-8-10-20-48(43)40-51)55-24-12-11-23-54(55)61(56)50-35-31-42-15-7-9-19-47(42)39-50/h1-41H. The van der Waals surface area contributed by atoms with E-state index in [0.29, 0.717) is 0 Å². The molecule has 69 heavy (non-hydrogen) atoms. The number of rotatable bonds is 6. The molecule has 0 bridgehead atoms. The van der Waals surface area contributed by atoms with Crippen molar-refractivity contribution < 1.29 is 4.57 Å². The summed E-state index contributed by atoms with van der Waals surface area (Å²) in [7, 11) is -3.42. The number of benzene rings is 12. The molecule has 0 spiro atoms. The topological polar surface area (TPSA) is 34.9 Å². The zero-order valence-electron chi connectivity index (χ0n) is 37.4. The summed E-state index contributed by atoms with van der Waals surface area (Å²) < 4.78 is 18.7. The van der Waals surface area contributed by atoms with Crippen molar-refractivity contribution >= 4 is 77.2 Å². The first-order valence-electron chi connectivity index (χ1n) is 23.5. The van der Waals surface area contributed by atoms with Crippen molar-refractivity contribution in [2.45, 2.75) is 0 Å². The lowest BCUT2D eigenvalue weighted by atomic mass is 9.84.